The molecule has 116 valence electrons. The maximum absolute atomic E-state index is 4.52. The second kappa shape index (κ2) is 6.55. The van der Waals surface area contributed by atoms with Crippen LogP contribution in [0.3, 0.4) is 0 Å². The molecule has 0 unspecified atom stereocenters. The number of anilines is 1. The number of hydrogen-bond acceptors (Lipinski definition) is 6. The van der Waals surface area contributed by atoms with E-state index in [0.29, 0.717) is 5.69 Å². The van der Waals surface area contributed by atoms with E-state index in [1.165, 1.54) is 11.3 Å². The van der Waals surface area contributed by atoms with Crippen LogP contribution in [0.4, 0.5) is 5.13 Å². The highest BCUT2D eigenvalue weighted by molar-refractivity contribution is 7.14. The molecule has 0 fully saturated rings. The van der Waals surface area contributed by atoms with Gasteiger partial charge in [-0.25, -0.2) is 9.97 Å². The first-order valence-electron chi connectivity index (χ1n) is 7.40. The van der Waals surface area contributed by atoms with Gasteiger partial charge in [-0.2, -0.15) is 5.10 Å². The first-order valence-corrected chi connectivity index (χ1v) is 8.28. The summed E-state index contributed by atoms with van der Waals surface area (Å²) in [4.78, 5) is 13.4. The highest BCUT2D eigenvalue weighted by atomic mass is 32.1. The SMILES string of the molecule is C(=N/Nc1nc(-c2ccccc2)cs1)/c1cnc2ccccc2n1. The van der Waals surface area contributed by atoms with Crippen LogP contribution in [0.5, 0.6) is 0 Å². The van der Waals surface area contributed by atoms with Crippen molar-refractivity contribution in [2.24, 2.45) is 5.10 Å². The van der Waals surface area contributed by atoms with Crippen molar-refractivity contribution >= 4 is 33.7 Å². The van der Waals surface area contributed by atoms with Crippen molar-refractivity contribution < 1.29 is 0 Å². The van der Waals surface area contributed by atoms with Crippen molar-refractivity contribution in [3.8, 4) is 11.3 Å². The first-order chi connectivity index (χ1) is 11.9. The number of nitrogens with zero attached hydrogens (tertiary/aromatic N) is 4. The quantitative estimate of drug-likeness (QED) is 0.450. The average molecular weight is 331 g/mol. The zero-order valence-corrected chi connectivity index (χ0v) is 13.4. The molecule has 6 heteroatoms. The largest absolute Gasteiger partial charge is 0.253 e. The van der Waals surface area contributed by atoms with Crippen LogP contribution in [-0.4, -0.2) is 21.2 Å². The fourth-order valence-corrected chi connectivity index (χ4v) is 2.92. The van der Waals surface area contributed by atoms with E-state index >= 15 is 0 Å². The van der Waals surface area contributed by atoms with Gasteiger partial charge >= 0.3 is 0 Å². The summed E-state index contributed by atoms with van der Waals surface area (Å²) < 4.78 is 0. The smallest absolute Gasteiger partial charge is 0.203 e. The fourth-order valence-electron chi connectivity index (χ4n) is 2.25. The molecule has 2 aromatic carbocycles. The molecule has 0 aliphatic heterocycles. The van der Waals surface area contributed by atoms with Crippen molar-refractivity contribution in [3.63, 3.8) is 0 Å². The number of rotatable bonds is 4. The number of benzene rings is 2. The summed E-state index contributed by atoms with van der Waals surface area (Å²) >= 11 is 1.51. The zero-order valence-electron chi connectivity index (χ0n) is 12.6. The molecule has 0 spiro atoms. The standard InChI is InChI=1S/C18H13N5S/c1-2-6-13(7-3-1)17-12-24-18(22-17)23-20-11-14-10-19-15-8-4-5-9-16(15)21-14/h1-12H,(H,22,23)/b20-11-. The van der Waals surface area contributed by atoms with Gasteiger partial charge in [-0.3, -0.25) is 10.4 Å². The molecule has 1 N–H and O–H groups in total. The molecule has 0 bridgehead atoms. The molecule has 2 heterocycles. The van der Waals surface area contributed by atoms with Crippen LogP contribution in [0, 0.1) is 0 Å². The fraction of sp³-hybridized carbons (Fsp3) is 0. The van der Waals surface area contributed by atoms with Crippen molar-refractivity contribution in [3.05, 3.63) is 71.9 Å². The lowest BCUT2D eigenvalue weighted by Gasteiger charge is -1.97. The summed E-state index contributed by atoms with van der Waals surface area (Å²) in [6.45, 7) is 0. The number of nitrogens with one attached hydrogen (secondary N) is 1. The molecule has 0 radical (unpaired) electrons. The Bertz CT molecular complexity index is 994. The van der Waals surface area contributed by atoms with Crippen LogP contribution < -0.4 is 5.43 Å². The number of hydrazone groups is 1. The molecular formula is C18H13N5S. The van der Waals surface area contributed by atoms with E-state index in [1.54, 1.807) is 12.4 Å². The first kappa shape index (κ1) is 14.5. The predicted molar refractivity (Wildman–Crippen MR) is 98.3 cm³/mol. The number of aromatic nitrogens is 3. The molecule has 0 saturated carbocycles. The molecular weight excluding hydrogens is 318 g/mol. The minimum Gasteiger partial charge on any atom is -0.253 e. The molecule has 4 aromatic rings. The number of thiazole rings is 1. The monoisotopic (exact) mass is 331 g/mol. The summed E-state index contributed by atoms with van der Waals surface area (Å²) in [5, 5.41) is 6.93. The minimum absolute atomic E-state index is 0.695. The zero-order chi connectivity index (χ0) is 16.2. The lowest BCUT2D eigenvalue weighted by atomic mass is 10.2. The summed E-state index contributed by atoms with van der Waals surface area (Å²) in [5.74, 6) is 0. The van der Waals surface area contributed by atoms with E-state index < -0.39 is 0 Å². The van der Waals surface area contributed by atoms with Crippen molar-refractivity contribution in [1.82, 2.24) is 15.0 Å². The van der Waals surface area contributed by atoms with E-state index in [2.05, 4.69) is 25.5 Å². The third kappa shape index (κ3) is 3.13. The lowest BCUT2D eigenvalue weighted by molar-refractivity contribution is 1.25. The third-order valence-corrected chi connectivity index (χ3v) is 4.14. The molecule has 5 nitrogen and oxygen atoms in total. The van der Waals surface area contributed by atoms with Crippen molar-refractivity contribution in [1.29, 1.82) is 0 Å². The van der Waals surface area contributed by atoms with Gasteiger partial charge < -0.3 is 0 Å². The maximum Gasteiger partial charge on any atom is 0.203 e. The highest BCUT2D eigenvalue weighted by Crippen LogP contribution is 2.24. The summed E-state index contributed by atoms with van der Waals surface area (Å²) in [5.41, 5.74) is 7.38. The normalized spacial score (nSPS) is 11.2. The van der Waals surface area contributed by atoms with E-state index in [0.717, 1.165) is 27.4 Å². The van der Waals surface area contributed by atoms with Gasteiger partial charge in [-0.1, -0.05) is 42.5 Å². The molecule has 0 amide bonds. The summed E-state index contributed by atoms with van der Waals surface area (Å²) in [6.07, 6.45) is 3.34. The van der Waals surface area contributed by atoms with Gasteiger partial charge in [0.2, 0.25) is 5.13 Å². The molecule has 2 aromatic heterocycles. The average Bonchev–Trinajstić information content (AvgIpc) is 3.11. The van der Waals surface area contributed by atoms with Crippen molar-refractivity contribution in [2.75, 3.05) is 5.43 Å². The van der Waals surface area contributed by atoms with E-state index in [4.69, 9.17) is 0 Å². The van der Waals surface area contributed by atoms with Crippen molar-refractivity contribution in [2.45, 2.75) is 0 Å². The van der Waals surface area contributed by atoms with Crippen LogP contribution in [0.25, 0.3) is 22.3 Å². The Labute approximate surface area is 142 Å². The number of fused-ring (bicyclic) bond motifs is 1. The Kier molecular flexibility index (Phi) is 3.95. The molecule has 4 rings (SSSR count). The number of para-hydroxylation sites is 2. The van der Waals surface area contributed by atoms with Gasteiger partial charge in [0.25, 0.3) is 0 Å². The second-order valence-corrected chi connectivity index (χ2v) is 5.92. The molecule has 24 heavy (non-hydrogen) atoms. The second-order valence-electron chi connectivity index (χ2n) is 5.06. The maximum atomic E-state index is 4.52. The van der Waals surface area contributed by atoms with Gasteiger partial charge in [-0.05, 0) is 12.1 Å². The van der Waals surface area contributed by atoms with Crippen LogP contribution in [0.15, 0.2) is 71.3 Å². The van der Waals surface area contributed by atoms with Gasteiger partial charge in [0, 0.05) is 10.9 Å². The summed E-state index contributed by atoms with van der Waals surface area (Å²) in [6, 6.07) is 17.8. The summed E-state index contributed by atoms with van der Waals surface area (Å²) in [7, 11) is 0. The van der Waals surface area contributed by atoms with Crippen LogP contribution in [0.1, 0.15) is 5.69 Å². The predicted octanol–water partition coefficient (Wildman–Crippen LogP) is 4.20. The van der Waals surface area contributed by atoms with E-state index in [-0.39, 0.29) is 0 Å². The van der Waals surface area contributed by atoms with Gasteiger partial charge in [0.15, 0.2) is 0 Å². The lowest BCUT2D eigenvalue weighted by Crippen LogP contribution is -1.94. The van der Waals surface area contributed by atoms with Gasteiger partial charge in [-0.15, -0.1) is 11.3 Å². The molecule has 0 saturated heterocycles. The molecule has 0 atom stereocenters. The Morgan fingerprint density at radius 2 is 1.71 bits per heavy atom. The van der Waals surface area contributed by atoms with Gasteiger partial charge in [0.1, 0.15) is 5.69 Å². The van der Waals surface area contributed by atoms with E-state index in [9.17, 15) is 0 Å². The minimum atomic E-state index is 0.695. The van der Waals surface area contributed by atoms with Gasteiger partial charge in [0.05, 0.1) is 29.1 Å². The Hall–Kier alpha value is -3.12. The van der Waals surface area contributed by atoms with Crippen LogP contribution in [-0.2, 0) is 0 Å². The van der Waals surface area contributed by atoms with E-state index in [1.807, 2.05) is 60.0 Å². The molecule has 0 aliphatic carbocycles. The van der Waals surface area contributed by atoms with Crippen LogP contribution >= 0.6 is 11.3 Å². The Morgan fingerprint density at radius 3 is 2.58 bits per heavy atom. The third-order valence-electron chi connectivity index (χ3n) is 3.40. The molecule has 0 aliphatic rings. The number of hydrogen-bond donors (Lipinski definition) is 1. The Morgan fingerprint density at radius 1 is 0.917 bits per heavy atom. The topological polar surface area (TPSA) is 63.1 Å². The Balaban J connectivity index is 1.48. The van der Waals surface area contributed by atoms with Crippen LogP contribution in [0.2, 0.25) is 0 Å². The highest BCUT2D eigenvalue weighted by Gasteiger charge is 2.03.